The molecule has 19 heavy (non-hydrogen) atoms. The van der Waals surface area contributed by atoms with Crippen LogP contribution in [-0.2, 0) is 9.47 Å². The van der Waals surface area contributed by atoms with Crippen molar-refractivity contribution in [2.24, 2.45) is 10.8 Å². The Labute approximate surface area is 126 Å². The highest BCUT2D eigenvalue weighted by molar-refractivity contribution is 9.10. The topological polar surface area (TPSA) is 68.9 Å². The van der Waals surface area contributed by atoms with Gasteiger partial charge in [0.2, 0.25) is 6.29 Å². The maximum Gasteiger partial charge on any atom is 0.218 e. The van der Waals surface area contributed by atoms with E-state index in [0.717, 1.165) is 4.47 Å². The summed E-state index contributed by atoms with van der Waals surface area (Å²) in [6, 6.07) is 5.40. The lowest BCUT2D eigenvalue weighted by atomic mass is 10.3. The average molecular weight is 351 g/mol. The summed E-state index contributed by atoms with van der Waals surface area (Å²) >= 11 is 9.38. The monoisotopic (exact) mass is 349 g/mol. The van der Waals surface area contributed by atoms with Gasteiger partial charge in [-0.2, -0.15) is 5.10 Å². The number of rotatable bonds is 7. The van der Waals surface area contributed by atoms with Crippen molar-refractivity contribution in [2.75, 3.05) is 18.6 Å². The van der Waals surface area contributed by atoms with Gasteiger partial charge < -0.3 is 15.2 Å². The molecule has 0 saturated heterocycles. The molecule has 0 unspecified atom stereocenters. The van der Waals surface area contributed by atoms with Gasteiger partial charge in [0, 0.05) is 17.7 Å². The first-order valence-electron chi connectivity index (χ1n) is 5.85. The van der Waals surface area contributed by atoms with Crippen LogP contribution in [0.3, 0.4) is 0 Å². The molecule has 0 radical (unpaired) electrons. The minimum atomic E-state index is -0.656. The predicted molar refractivity (Wildman–Crippen MR) is 81.4 cm³/mol. The molecule has 0 fully saturated rings. The Morgan fingerprint density at radius 3 is 2.58 bits per heavy atom. The van der Waals surface area contributed by atoms with Crippen molar-refractivity contribution in [3.05, 3.63) is 27.7 Å². The summed E-state index contributed by atoms with van der Waals surface area (Å²) in [7, 11) is 0. The Kier molecular flexibility index (Phi) is 7.15. The van der Waals surface area contributed by atoms with E-state index in [-0.39, 0.29) is 5.84 Å². The van der Waals surface area contributed by atoms with Crippen LogP contribution in [-0.4, -0.2) is 25.3 Å². The number of anilines is 1. The van der Waals surface area contributed by atoms with Crippen LogP contribution < -0.4 is 11.2 Å². The van der Waals surface area contributed by atoms with E-state index in [0.29, 0.717) is 23.9 Å². The van der Waals surface area contributed by atoms with Gasteiger partial charge in [0.05, 0.1) is 10.7 Å². The molecule has 0 heterocycles. The van der Waals surface area contributed by atoms with Crippen molar-refractivity contribution < 1.29 is 9.47 Å². The third-order valence-corrected chi connectivity index (χ3v) is 2.92. The van der Waals surface area contributed by atoms with Crippen molar-refractivity contribution in [3.63, 3.8) is 0 Å². The van der Waals surface area contributed by atoms with Gasteiger partial charge in [-0.15, -0.1) is 0 Å². The van der Waals surface area contributed by atoms with Gasteiger partial charge >= 0.3 is 0 Å². The Balaban J connectivity index is 2.72. The zero-order valence-electron chi connectivity index (χ0n) is 10.8. The number of ether oxygens (including phenoxy) is 2. The Hall–Kier alpha value is -0.820. The van der Waals surface area contributed by atoms with Gasteiger partial charge in [-0.3, -0.25) is 5.43 Å². The highest BCUT2D eigenvalue weighted by Gasteiger charge is 2.13. The first-order valence-corrected chi connectivity index (χ1v) is 7.02. The minimum Gasteiger partial charge on any atom is -0.381 e. The molecule has 1 rings (SSSR count). The lowest BCUT2D eigenvalue weighted by molar-refractivity contribution is -0.0906. The van der Waals surface area contributed by atoms with Crippen molar-refractivity contribution >= 4 is 39.1 Å². The zero-order valence-corrected chi connectivity index (χ0v) is 13.2. The summed E-state index contributed by atoms with van der Waals surface area (Å²) in [6.45, 7) is 4.69. The van der Waals surface area contributed by atoms with Crippen LogP contribution in [0, 0.1) is 0 Å². The highest BCUT2D eigenvalue weighted by Crippen LogP contribution is 2.25. The SMILES string of the molecule is CCOC(OCC)C(N)=NNc1ccc(Br)cc1Cl. The molecule has 0 saturated carbocycles. The van der Waals surface area contributed by atoms with Crippen LogP contribution >= 0.6 is 27.5 Å². The standard InChI is InChI=1S/C12H17BrClN3O2/c1-3-18-12(19-4-2)11(15)17-16-10-6-5-8(13)7-9(10)14/h5-7,12,16H,3-4H2,1-2H3,(H2,15,17). The maximum atomic E-state index is 6.05. The molecule has 1 aromatic carbocycles. The molecule has 0 atom stereocenters. The molecule has 5 nitrogen and oxygen atoms in total. The first-order chi connectivity index (χ1) is 9.08. The van der Waals surface area contributed by atoms with Gasteiger partial charge in [0.1, 0.15) is 0 Å². The Morgan fingerprint density at radius 1 is 1.42 bits per heavy atom. The van der Waals surface area contributed by atoms with E-state index < -0.39 is 6.29 Å². The van der Waals surface area contributed by atoms with E-state index in [2.05, 4.69) is 26.5 Å². The number of nitrogens with two attached hydrogens (primary N) is 1. The fourth-order valence-electron chi connectivity index (χ4n) is 1.28. The number of hydrazone groups is 1. The molecular weight excluding hydrogens is 334 g/mol. The Bertz CT molecular complexity index is 437. The fraction of sp³-hybridized carbons (Fsp3) is 0.417. The van der Waals surface area contributed by atoms with Crippen LogP contribution in [0.25, 0.3) is 0 Å². The molecule has 1 aromatic rings. The van der Waals surface area contributed by atoms with E-state index in [1.54, 1.807) is 12.1 Å². The maximum absolute atomic E-state index is 6.05. The van der Waals surface area contributed by atoms with Crippen molar-refractivity contribution in [3.8, 4) is 0 Å². The summed E-state index contributed by atoms with van der Waals surface area (Å²) in [5.41, 5.74) is 9.24. The van der Waals surface area contributed by atoms with E-state index in [4.69, 9.17) is 26.8 Å². The van der Waals surface area contributed by atoms with Crippen LogP contribution in [0.15, 0.2) is 27.8 Å². The lowest BCUT2D eigenvalue weighted by Crippen LogP contribution is -2.34. The fourth-order valence-corrected chi connectivity index (χ4v) is 1.99. The van der Waals surface area contributed by atoms with Gasteiger partial charge in [0.15, 0.2) is 5.84 Å². The van der Waals surface area contributed by atoms with Crippen LogP contribution in [0.4, 0.5) is 5.69 Å². The van der Waals surface area contributed by atoms with Crippen LogP contribution in [0.1, 0.15) is 13.8 Å². The summed E-state index contributed by atoms with van der Waals surface area (Å²) in [6.07, 6.45) is -0.656. The number of hydrogen-bond donors (Lipinski definition) is 2. The molecular formula is C12H17BrClN3O2. The summed E-state index contributed by atoms with van der Waals surface area (Å²) in [5, 5.41) is 4.55. The van der Waals surface area contributed by atoms with Gasteiger partial charge in [0.25, 0.3) is 0 Å². The normalized spacial score (nSPS) is 11.9. The lowest BCUT2D eigenvalue weighted by Gasteiger charge is -2.16. The number of nitrogens with zero attached hydrogens (tertiary/aromatic N) is 1. The van der Waals surface area contributed by atoms with Crippen molar-refractivity contribution in [1.29, 1.82) is 0 Å². The minimum absolute atomic E-state index is 0.211. The van der Waals surface area contributed by atoms with Gasteiger partial charge in [-0.25, -0.2) is 0 Å². The molecule has 0 spiro atoms. The number of benzene rings is 1. The summed E-state index contributed by atoms with van der Waals surface area (Å²) in [5.74, 6) is 0.211. The molecule has 0 amide bonds. The molecule has 0 aliphatic rings. The van der Waals surface area contributed by atoms with Crippen molar-refractivity contribution in [1.82, 2.24) is 0 Å². The third-order valence-electron chi connectivity index (χ3n) is 2.11. The second-order valence-electron chi connectivity index (χ2n) is 3.52. The average Bonchev–Trinajstić information content (AvgIpc) is 2.37. The second kappa shape index (κ2) is 8.37. The molecule has 106 valence electrons. The van der Waals surface area contributed by atoms with Crippen LogP contribution in [0.2, 0.25) is 5.02 Å². The second-order valence-corrected chi connectivity index (χ2v) is 4.84. The van der Waals surface area contributed by atoms with E-state index in [9.17, 15) is 0 Å². The quantitative estimate of drug-likeness (QED) is 0.343. The van der Waals surface area contributed by atoms with E-state index >= 15 is 0 Å². The molecule has 0 aromatic heterocycles. The molecule has 3 N–H and O–H groups in total. The zero-order chi connectivity index (χ0) is 14.3. The number of hydrogen-bond acceptors (Lipinski definition) is 4. The third kappa shape index (κ3) is 5.36. The van der Waals surface area contributed by atoms with E-state index in [1.165, 1.54) is 0 Å². The summed E-state index contributed by atoms with van der Waals surface area (Å²) < 4.78 is 11.5. The number of nitrogens with one attached hydrogen (secondary N) is 1. The molecule has 0 aliphatic carbocycles. The van der Waals surface area contributed by atoms with Crippen molar-refractivity contribution in [2.45, 2.75) is 20.1 Å². The largest absolute Gasteiger partial charge is 0.381 e. The molecule has 0 aliphatic heterocycles. The first kappa shape index (κ1) is 16.2. The summed E-state index contributed by atoms with van der Waals surface area (Å²) in [4.78, 5) is 0. The highest BCUT2D eigenvalue weighted by atomic mass is 79.9. The smallest absolute Gasteiger partial charge is 0.218 e. The van der Waals surface area contributed by atoms with E-state index in [1.807, 2.05) is 19.9 Å². The number of halogens is 2. The van der Waals surface area contributed by atoms with Gasteiger partial charge in [-0.05, 0) is 32.0 Å². The molecule has 0 bridgehead atoms. The molecule has 7 heteroatoms. The van der Waals surface area contributed by atoms with Crippen LogP contribution in [0.5, 0.6) is 0 Å². The predicted octanol–water partition coefficient (Wildman–Crippen LogP) is 3.19. The number of amidine groups is 1. The Morgan fingerprint density at radius 2 is 2.05 bits per heavy atom. The van der Waals surface area contributed by atoms with Gasteiger partial charge in [-0.1, -0.05) is 27.5 Å².